The average Bonchev–Trinajstić information content (AvgIpc) is 2.39. The highest BCUT2D eigenvalue weighted by Crippen LogP contribution is 2.54. The summed E-state index contributed by atoms with van der Waals surface area (Å²) in [5.41, 5.74) is 0. The van der Waals surface area contributed by atoms with Crippen molar-refractivity contribution in [3.05, 3.63) is 12.3 Å². The third-order valence-electron chi connectivity index (χ3n) is 4.83. The van der Waals surface area contributed by atoms with E-state index in [1.807, 2.05) is 0 Å². The Balaban J connectivity index is 3.33. The van der Waals surface area contributed by atoms with Crippen LogP contribution in [0.2, 0.25) is 70.3 Å². The van der Waals surface area contributed by atoms with Crippen LogP contribution in [0.4, 0.5) is 0 Å². The van der Waals surface area contributed by atoms with Gasteiger partial charge in [0.1, 0.15) is 8.24 Å². The lowest BCUT2D eigenvalue weighted by molar-refractivity contribution is 0.869. The van der Waals surface area contributed by atoms with Gasteiger partial charge in [0.15, 0.2) is 0 Å². The van der Waals surface area contributed by atoms with E-state index in [-0.39, 0.29) is 0 Å². The summed E-state index contributed by atoms with van der Waals surface area (Å²) in [4.78, 5) is 0. The summed E-state index contributed by atoms with van der Waals surface area (Å²) in [5.74, 6) is 0. The largest absolute Gasteiger partial charge is 0.449 e. The molecule has 1 aliphatic heterocycles. The van der Waals surface area contributed by atoms with Gasteiger partial charge in [-0.3, -0.25) is 0 Å². The first-order valence-corrected chi connectivity index (χ1v) is 17.7. The van der Waals surface area contributed by atoms with Crippen molar-refractivity contribution in [3.8, 4) is 0 Å². The fraction of sp³-hybridized carbons (Fsp3) is 0.846. The Bertz CT molecular complexity index is 333. The van der Waals surface area contributed by atoms with Crippen molar-refractivity contribution in [2.45, 2.75) is 70.3 Å². The molecule has 1 nitrogen and oxygen atoms in total. The number of hydrogen-bond acceptors (Lipinski definition) is 1. The summed E-state index contributed by atoms with van der Waals surface area (Å²) >= 11 is 0. The molecule has 0 saturated heterocycles. The van der Waals surface area contributed by atoms with Crippen molar-refractivity contribution in [1.82, 2.24) is 4.48 Å². The zero-order valence-corrected chi connectivity index (χ0v) is 17.2. The molecule has 0 amide bonds. The van der Waals surface area contributed by atoms with Gasteiger partial charge in [-0.05, 0) is 10.8 Å². The summed E-state index contributed by atoms with van der Waals surface area (Å²) < 4.78 is 3.25. The van der Waals surface area contributed by atoms with Gasteiger partial charge in [-0.2, -0.15) is 0 Å². The quantitative estimate of drug-likeness (QED) is 0.678. The SMILES string of the molecule is CB1N([Si](C)(C)C)C=CC1([Si](C)(C)C)[Si](C)(C)C. The van der Waals surface area contributed by atoms with Gasteiger partial charge in [-0.25, -0.2) is 0 Å². The lowest BCUT2D eigenvalue weighted by atomic mass is 9.62. The van der Waals surface area contributed by atoms with E-state index in [1.165, 1.54) is 0 Å². The Morgan fingerprint density at radius 1 is 0.833 bits per heavy atom. The monoisotopic (exact) mass is 297 g/mol. The van der Waals surface area contributed by atoms with Crippen molar-refractivity contribution >= 4 is 31.2 Å². The first-order chi connectivity index (χ1) is 7.75. The second-order valence-electron chi connectivity index (χ2n) is 8.94. The molecule has 0 bridgehead atoms. The molecule has 5 heteroatoms. The molecule has 0 aromatic heterocycles. The highest BCUT2D eigenvalue weighted by molar-refractivity contribution is 7.12. The van der Waals surface area contributed by atoms with E-state index in [0.29, 0.717) is 11.4 Å². The third-order valence-corrected chi connectivity index (χ3v) is 17.5. The van der Waals surface area contributed by atoms with Gasteiger partial charge in [0, 0.05) is 16.1 Å². The van der Waals surface area contributed by atoms with Gasteiger partial charge >= 0.3 is 0 Å². The molecule has 1 aliphatic rings. The molecular weight excluding hydrogens is 265 g/mol. The summed E-state index contributed by atoms with van der Waals surface area (Å²) in [6, 6.07) is 0. The van der Waals surface area contributed by atoms with Crippen LogP contribution >= 0.6 is 0 Å². The average molecular weight is 297 g/mol. The van der Waals surface area contributed by atoms with Crippen LogP contribution in [0, 0.1) is 0 Å². The topological polar surface area (TPSA) is 3.24 Å². The Kier molecular flexibility index (Phi) is 3.97. The van der Waals surface area contributed by atoms with Gasteiger partial charge in [0.25, 0.3) is 0 Å². The van der Waals surface area contributed by atoms with E-state index in [2.05, 4.69) is 82.5 Å². The molecule has 0 fully saturated rings. The molecule has 0 N–H and O–H groups in total. The summed E-state index contributed by atoms with van der Waals surface area (Å²) in [6.45, 7) is 26.0. The van der Waals surface area contributed by atoms with Crippen LogP contribution < -0.4 is 0 Å². The maximum absolute atomic E-state index is 2.74. The predicted octanol–water partition coefficient (Wildman–Crippen LogP) is 4.77. The Morgan fingerprint density at radius 2 is 1.22 bits per heavy atom. The lowest BCUT2D eigenvalue weighted by Crippen LogP contribution is -2.64. The van der Waals surface area contributed by atoms with Gasteiger partial charge < -0.3 is 4.48 Å². The molecule has 0 unspecified atom stereocenters. The second kappa shape index (κ2) is 4.38. The minimum Gasteiger partial charge on any atom is -0.449 e. The predicted molar refractivity (Wildman–Crippen MR) is 95.3 cm³/mol. The Morgan fingerprint density at radius 3 is 1.39 bits per heavy atom. The van der Waals surface area contributed by atoms with E-state index in [1.54, 1.807) is 0 Å². The molecule has 0 saturated carbocycles. The smallest absolute Gasteiger partial charge is 0.246 e. The van der Waals surface area contributed by atoms with E-state index in [4.69, 9.17) is 0 Å². The summed E-state index contributed by atoms with van der Waals surface area (Å²) in [5, 5.41) is 0. The summed E-state index contributed by atoms with van der Waals surface area (Å²) in [7, 11) is -3.72. The van der Waals surface area contributed by atoms with Crippen LogP contribution in [-0.2, 0) is 0 Å². The fourth-order valence-electron chi connectivity index (χ4n) is 4.37. The summed E-state index contributed by atoms with van der Waals surface area (Å²) in [6.07, 6.45) is 5.10. The molecule has 0 spiro atoms. The van der Waals surface area contributed by atoms with Crippen molar-refractivity contribution in [2.75, 3.05) is 0 Å². The van der Waals surface area contributed by atoms with E-state index >= 15 is 0 Å². The van der Waals surface area contributed by atoms with Gasteiger partial charge in [-0.1, -0.05) is 71.8 Å². The third kappa shape index (κ3) is 2.33. The maximum atomic E-state index is 2.74. The van der Waals surface area contributed by atoms with E-state index < -0.39 is 24.4 Å². The van der Waals surface area contributed by atoms with Gasteiger partial charge in [0.05, 0.1) is 0 Å². The van der Waals surface area contributed by atoms with Crippen LogP contribution in [0.15, 0.2) is 12.3 Å². The lowest BCUT2D eigenvalue weighted by Gasteiger charge is -2.53. The molecule has 104 valence electrons. The number of rotatable bonds is 3. The zero-order chi connectivity index (χ0) is 14.6. The maximum Gasteiger partial charge on any atom is 0.246 e. The molecule has 0 aliphatic carbocycles. The fourth-order valence-corrected chi connectivity index (χ4v) is 19.4. The molecule has 18 heavy (non-hydrogen) atoms. The molecule has 1 heterocycles. The molecule has 0 atom stereocenters. The minimum atomic E-state index is -1.24. The minimum absolute atomic E-state index is 0.514. The Labute approximate surface area is 118 Å². The first-order valence-electron chi connectivity index (χ1n) is 7.23. The highest BCUT2D eigenvalue weighted by Gasteiger charge is 2.60. The normalized spacial score (nSPS) is 20.8. The number of allylic oxidation sites excluding steroid dienone is 1. The van der Waals surface area contributed by atoms with Gasteiger partial charge in [-0.15, -0.1) is 0 Å². The van der Waals surface area contributed by atoms with Crippen LogP contribution in [-0.4, -0.2) is 35.7 Å². The standard InChI is InChI=1S/C13H32BNSi3/c1-14-13(16(2,3)4,17(5,6)7)11-12-15(14)18(8,9)10/h11-12H,1-10H3. The Hall–Kier alpha value is 0.256. The van der Waals surface area contributed by atoms with Crippen LogP contribution in [0.5, 0.6) is 0 Å². The molecule has 1 rings (SSSR count). The molecular formula is C13H32BNSi3. The van der Waals surface area contributed by atoms with E-state index in [0.717, 1.165) is 0 Å². The van der Waals surface area contributed by atoms with Crippen LogP contribution in [0.3, 0.4) is 0 Å². The molecule has 0 radical (unpaired) electrons. The van der Waals surface area contributed by atoms with Crippen molar-refractivity contribution in [2.24, 2.45) is 0 Å². The van der Waals surface area contributed by atoms with Crippen molar-refractivity contribution in [1.29, 1.82) is 0 Å². The molecule has 0 aromatic rings. The van der Waals surface area contributed by atoms with Gasteiger partial charge in [0.2, 0.25) is 6.85 Å². The van der Waals surface area contributed by atoms with Crippen molar-refractivity contribution in [3.63, 3.8) is 0 Å². The van der Waals surface area contributed by atoms with Crippen LogP contribution in [0.1, 0.15) is 0 Å². The van der Waals surface area contributed by atoms with Crippen LogP contribution in [0.25, 0.3) is 0 Å². The highest BCUT2D eigenvalue weighted by atomic mass is 28.4. The second-order valence-corrected chi connectivity index (χ2v) is 25.0. The zero-order valence-electron chi connectivity index (χ0n) is 14.2. The van der Waals surface area contributed by atoms with Crippen molar-refractivity contribution < 1.29 is 0 Å². The van der Waals surface area contributed by atoms with E-state index in [9.17, 15) is 0 Å². The number of nitrogens with zero attached hydrogens (tertiary/aromatic N) is 1. The number of hydrogen-bond donors (Lipinski definition) is 0. The first kappa shape index (κ1) is 16.3. The molecule has 0 aromatic carbocycles.